The summed E-state index contributed by atoms with van der Waals surface area (Å²) in [4.78, 5) is 14.1. The SMILES string of the molecule is CN(CC1=Cc2cccc3cccc(c23)C1=O)C(=N)N.Cl. The maximum absolute atomic E-state index is 12.6. The summed E-state index contributed by atoms with van der Waals surface area (Å²) < 4.78 is 0. The first-order chi connectivity index (χ1) is 9.58. The van der Waals surface area contributed by atoms with Gasteiger partial charge < -0.3 is 10.6 Å². The Morgan fingerprint density at radius 2 is 1.90 bits per heavy atom. The average Bonchev–Trinajstić information content (AvgIpc) is 2.44. The molecule has 0 amide bonds. The van der Waals surface area contributed by atoms with E-state index in [0.717, 1.165) is 21.9 Å². The predicted octanol–water partition coefficient (Wildman–Crippen LogP) is 2.67. The second kappa shape index (κ2) is 5.58. The van der Waals surface area contributed by atoms with Crippen LogP contribution in [0.4, 0.5) is 0 Å². The van der Waals surface area contributed by atoms with Gasteiger partial charge >= 0.3 is 0 Å². The van der Waals surface area contributed by atoms with Crippen LogP contribution in [0.1, 0.15) is 15.9 Å². The lowest BCUT2D eigenvalue weighted by molar-refractivity contribution is 0.103. The van der Waals surface area contributed by atoms with Gasteiger partial charge in [-0.3, -0.25) is 10.2 Å². The normalized spacial score (nSPS) is 12.6. The first kappa shape index (κ1) is 15.1. The Hall–Kier alpha value is -2.33. The van der Waals surface area contributed by atoms with Gasteiger partial charge in [-0.05, 0) is 17.0 Å². The van der Waals surface area contributed by atoms with Gasteiger partial charge in [-0.25, -0.2) is 0 Å². The molecule has 3 rings (SSSR count). The highest BCUT2D eigenvalue weighted by molar-refractivity contribution is 6.23. The van der Waals surface area contributed by atoms with Crippen molar-refractivity contribution >= 4 is 41.0 Å². The van der Waals surface area contributed by atoms with Gasteiger partial charge in [-0.1, -0.05) is 36.4 Å². The lowest BCUT2D eigenvalue weighted by Crippen LogP contribution is -2.35. The number of carbonyl (C=O) groups excluding carboxylic acids is 1. The molecule has 0 saturated carbocycles. The van der Waals surface area contributed by atoms with Crippen molar-refractivity contribution in [1.29, 1.82) is 5.41 Å². The molecule has 2 aromatic carbocycles. The number of rotatable bonds is 2. The minimum Gasteiger partial charge on any atom is -0.370 e. The van der Waals surface area contributed by atoms with E-state index in [1.54, 1.807) is 11.9 Å². The van der Waals surface area contributed by atoms with Gasteiger partial charge in [-0.2, -0.15) is 0 Å². The van der Waals surface area contributed by atoms with Crippen LogP contribution in [0, 0.1) is 5.41 Å². The molecule has 0 heterocycles. The van der Waals surface area contributed by atoms with Crippen LogP contribution in [0.2, 0.25) is 0 Å². The molecule has 3 N–H and O–H groups in total. The van der Waals surface area contributed by atoms with Crippen molar-refractivity contribution in [1.82, 2.24) is 4.90 Å². The molecule has 0 bridgehead atoms. The van der Waals surface area contributed by atoms with E-state index in [1.165, 1.54) is 0 Å². The fourth-order valence-corrected chi connectivity index (χ4v) is 2.56. The number of hydrogen-bond acceptors (Lipinski definition) is 2. The van der Waals surface area contributed by atoms with E-state index < -0.39 is 0 Å². The molecule has 2 aromatic rings. The number of hydrogen-bond donors (Lipinski definition) is 2. The van der Waals surface area contributed by atoms with Crippen LogP contribution < -0.4 is 5.73 Å². The van der Waals surface area contributed by atoms with Crippen LogP contribution in [0.3, 0.4) is 0 Å². The first-order valence-electron chi connectivity index (χ1n) is 6.40. The van der Waals surface area contributed by atoms with Crippen molar-refractivity contribution in [2.24, 2.45) is 5.73 Å². The second-order valence-corrected chi connectivity index (χ2v) is 4.99. The Morgan fingerprint density at radius 1 is 1.24 bits per heavy atom. The summed E-state index contributed by atoms with van der Waals surface area (Å²) in [7, 11) is 1.71. The van der Waals surface area contributed by atoms with E-state index in [1.807, 2.05) is 42.5 Å². The third kappa shape index (κ3) is 2.50. The van der Waals surface area contributed by atoms with Crippen LogP contribution in [0.15, 0.2) is 42.0 Å². The number of nitrogens with one attached hydrogen (secondary N) is 1. The third-order valence-electron chi connectivity index (χ3n) is 3.62. The van der Waals surface area contributed by atoms with Crippen LogP contribution in [-0.2, 0) is 0 Å². The molecule has 108 valence electrons. The molecule has 0 aliphatic heterocycles. The Labute approximate surface area is 129 Å². The minimum atomic E-state index is -0.0456. The zero-order valence-electron chi connectivity index (χ0n) is 11.6. The molecule has 0 radical (unpaired) electrons. The molecule has 4 nitrogen and oxygen atoms in total. The smallest absolute Gasteiger partial charge is 0.191 e. The number of benzene rings is 2. The highest BCUT2D eigenvalue weighted by atomic mass is 35.5. The molecular formula is C16H16ClN3O. The Bertz CT molecular complexity index is 762. The molecule has 0 fully saturated rings. The maximum Gasteiger partial charge on any atom is 0.191 e. The number of Topliss-reactive ketones (excluding diaryl/α,β-unsaturated/α-hetero) is 1. The monoisotopic (exact) mass is 301 g/mol. The average molecular weight is 302 g/mol. The van der Waals surface area contributed by atoms with E-state index >= 15 is 0 Å². The fourth-order valence-electron chi connectivity index (χ4n) is 2.56. The Morgan fingerprint density at radius 3 is 2.57 bits per heavy atom. The summed E-state index contributed by atoms with van der Waals surface area (Å²) in [6.07, 6.45) is 1.90. The lowest BCUT2D eigenvalue weighted by atomic mass is 9.88. The van der Waals surface area contributed by atoms with Crippen molar-refractivity contribution in [3.05, 3.63) is 53.1 Å². The summed E-state index contributed by atoms with van der Waals surface area (Å²) in [5.74, 6) is -0.0295. The van der Waals surface area contributed by atoms with Gasteiger partial charge in [-0.15, -0.1) is 12.4 Å². The van der Waals surface area contributed by atoms with Crippen LogP contribution in [0.25, 0.3) is 16.8 Å². The standard InChI is InChI=1S/C16H15N3O.ClH/c1-19(16(17)18)9-12-8-11-6-2-4-10-5-3-7-13(14(10)11)15(12)20;/h2-8H,9H2,1H3,(H3,17,18);1H. The largest absolute Gasteiger partial charge is 0.370 e. The second-order valence-electron chi connectivity index (χ2n) is 4.99. The number of nitrogens with two attached hydrogens (primary N) is 1. The summed E-state index contributed by atoms with van der Waals surface area (Å²) in [6, 6.07) is 11.8. The molecular weight excluding hydrogens is 286 g/mol. The summed E-state index contributed by atoms with van der Waals surface area (Å²) >= 11 is 0. The molecule has 0 unspecified atom stereocenters. The molecule has 0 aromatic heterocycles. The fraction of sp³-hybridized carbons (Fsp3) is 0.125. The number of carbonyl (C=O) groups is 1. The number of nitrogens with zero attached hydrogens (tertiary/aromatic N) is 1. The highest BCUT2D eigenvalue weighted by Gasteiger charge is 2.22. The molecule has 0 saturated heterocycles. The van der Waals surface area contributed by atoms with Gasteiger partial charge in [0.2, 0.25) is 0 Å². The molecule has 5 heteroatoms. The van der Waals surface area contributed by atoms with Crippen molar-refractivity contribution in [2.75, 3.05) is 13.6 Å². The van der Waals surface area contributed by atoms with Crippen LogP contribution in [0.5, 0.6) is 0 Å². The van der Waals surface area contributed by atoms with Crippen molar-refractivity contribution in [3.63, 3.8) is 0 Å². The van der Waals surface area contributed by atoms with E-state index in [0.29, 0.717) is 12.1 Å². The molecule has 21 heavy (non-hydrogen) atoms. The van der Waals surface area contributed by atoms with Gasteiger partial charge in [0.05, 0.1) is 0 Å². The first-order valence-corrected chi connectivity index (χ1v) is 6.40. The van der Waals surface area contributed by atoms with E-state index in [-0.39, 0.29) is 24.1 Å². The van der Waals surface area contributed by atoms with Crippen molar-refractivity contribution in [2.45, 2.75) is 0 Å². The van der Waals surface area contributed by atoms with Gasteiger partial charge in [0, 0.05) is 30.1 Å². The number of guanidine groups is 1. The van der Waals surface area contributed by atoms with E-state index in [4.69, 9.17) is 11.1 Å². The summed E-state index contributed by atoms with van der Waals surface area (Å²) in [5.41, 5.74) is 7.88. The van der Waals surface area contributed by atoms with E-state index in [2.05, 4.69) is 0 Å². The Kier molecular flexibility index (Phi) is 4.00. The van der Waals surface area contributed by atoms with Crippen molar-refractivity contribution in [3.8, 4) is 0 Å². The van der Waals surface area contributed by atoms with Crippen molar-refractivity contribution < 1.29 is 4.79 Å². The summed E-state index contributed by atoms with van der Waals surface area (Å²) in [5, 5.41) is 9.49. The molecule has 0 spiro atoms. The molecule has 1 aliphatic carbocycles. The Balaban J connectivity index is 0.00000161. The number of halogens is 1. The number of ketones is 1. The molecule has 0 atom stereocenters. The van der Waals surface area contributed by atoms with Gasteiger partial charge in [0.15, 0.2) is 11.7 Å². The zero-order valence-corrected chi connectivity index (χ0v) is 12.4. The highest BCUT2D eigenvalue weighted by Crippen LogP contribution is 2.31. The number of likely N-dealkylation sites (N-methyl/N-ethyl adjacent to an activating group) is 1. The zero-order chi connectivity index (χ0) is 14.3. The predicted molar refractivity (Wildman–Crippen MR) is 88.0 cm³/mol. The molecule has 1 aliphatic rings. The van der Waals surface area contributed by atoms with E-state index in [9.17, 15) is 4.79 Å². The third-order valence-corrected chi connectivity index (χ3v) is 3.62. The summed E-state index contributed by atoms with van der Waals surface area (Å²) in [6.45, 7) is 0.346. The quantitative estimate of drug-likeness (QED) is 0.662. The lowest BCUT2D eigenvalue weighted by Gasteiger charge is -2.22. The van der Waals surface area contributed by atoms with Crippen LogP contribution in [-0.4, -0.2) is 30.2 Å². The maximum atomic E-state index is 12.6. The van der Waals surface area contributed by atoms with Crippen LogP contribution >= 0.6 is 12.4 Å². The van der Waals surface area contributed by atoms with Gasteiger partial charge in [0.25, 0.3) is 0 Å². The van der Waals surface area contributed by atoms with Gasteiger partial charge in [0.1, 0.15) is 0 Å². The topological polar surface area (TPSA) is 70.2 Å². The minimum absolute atomic E-state index is 0.